The molecule has 2 rings (SSSR count). The van der Waals surface area contributed by atoms with Gasteiger partial charge in [0.25, 0.3) is 0 Å². The smallest absolute Gasteiger partial charge is 0.136 e. The fourth-order valence-corrected chi connectivity index (χ4v) is 2.07. The molecular weight excluding hydrogens is 264 g/mol. The minimum absolute atomic E-state index is 0.451. The first-order valence-corrected chi connectivity index (χ1v) is 6.17. The summed E-state index contributed by atoms with van der Waals surface area (Å²) in [5.41, 5.74) is 2.42. The van der Waals surface area contributed by atoms with Crippen LogP contribution in [0.15, 0.2) is 18.2 Å². The first kappa shape index (κ1) is 13.6. The van der Waals surface area contributed by atoms with E-state index in [-0.39, 0.29) is 0 Å². The minimum atomic E-state index is 0.451. The van der Waals surface area contributed by atoms with Crippen molar-refractivity contribution in [3.8, 4) is 22.8 Å². The monoisotopic (exact) mass is 278 g/mol. The number of hydrogen-bond acceptors (Lipinski definition) is 4. The maximum Gasteiger partial charge on any atom is 0.136 e. The maximum atomic E-state index is 6.12. The van der Waals surface area contributed by atoms with Gasteiger partial charge in [0.1, 0.15) is 22.5 Å². The highest BCUT2D eigenvalue weighted by Gasteiger charge is 2.14. The average molecular weight is 279 g/mol. The van der Waals surface area contributed by atoms with Crippen molar-refractivity contribution in [3.63, 3.8) is 0 Å². The van der Waals surface area contributed by atoms with Crippen LogP contribution in [-0.2, 0) is 0 Å². The molecule has 0 aliphatic rings. The van der Waals surface area contributed by atoms with Crippen molar-refractivity contribution in [2.45, 2.75) is 13.8 Å². The Morgan fingerprint density at radius 2 is 1.79 bits per heavy atom. The highest BCUT2D eigenvalue weighted by Crippen LogP contribution is 2.35. The predicted octanol–water partition coefficient (Wildman–Crippen LogP) is 3.43. The van der Waals surface area contributed by atoms with E-state index in [0.29, 0.717) is 11.0 Å². The van der Waals surface area contributed by atoms with Gasteiger partial charge >= 0.3 is 0 Å². The lowest BCUT2D eigenvalue weighted by molar-refractivity contribution is 0.404. The molecule has 1 heterocycles. The number of aryl methyl sites for hydroxylation is 1. The number of rotatable bonds is 3. The van der Waals surface area contributed by atoms with Gasteiger partial charge in [-0.25, -0.2) is 9.97 Å². The molecule has 0 aliphatic heterocycles. The Hall–Kier alpha value is -1.81. The topological polar surface area (TPSA) is 44.2 Å². The van der Waals surface area contributed by atoms with Crippen molar-refractivity contribution >= 4 is 11.6 Å². The first-order chi connectivity index (χ1) is 9.06. The van der Waals surface area contributed by atoms with Crippen LogP contribution in [0.2, 0.25) is 5.15 Å². The fourth-order valence-electron chi connectivity index (χ4n) is 1.86. The molecular formula is C14H15ClN2O2. The second-order valence-corrected chi connectivity index (χ2v) is 4.46. The highest BCUT2D eigenvalue weighted by molar-refractivity contribution is 6.30. The fraction of sp³-hybridized carbons (Fsp3) is 0.286. The number of nitrogens with zero attached hydrogens (tertiary/aromatic N) is 2. The lowest BCUT2D eigenvalue weighted by Crippen LogP contribution is -1.99. The van der Waals surface area contributed by atoms with E-state index in [1.165, 1.54) is 0 Å². The molecule has 0 aliphatic carbocycles. The van der Waals surface area contributed by atoms with Crippen LogP contribution in [0.4, 0.5) is 0 Å². The van der Waals surface area contributed by atoms with Crippen LogP contribution >= 0.6 is 11.6 Å². The third-order valence-corrected chi connectivity index (χ3v) is 3.23. The van der Waals surface area contributed by atoms with Crippen LogP contribution in [0.5, 0.6) is 11.5 Å². The predicted molar refractivity (Wildman–Crippen MR) is 75.1 cm³/mol. The number of benzene rings is 1. The summed E-state index contributed by atoms with van der Waals surface area (Å²) in [5, 5.41) is 0.451. The molecule has 0 atom stereocenters. The molecule has 0 radical (unpaired) electrons. The van der Waals surface area contributed by atoms with E-state index in [1.807, 2.05) is 32.0 Å². The Morgan fingerprint density at radius 3 is 2.42 bits per heavy atom. The summed E-state index contributed by atoms with van der Waals surface area (Å²) < 4.78 is 10.6. The zero-order valence-corrected chi connectivity index (χ0v) is 12.1. The Balaban J connectivity index is 2.69. The number of halogens is 1. The highest BCUT2D eigenvalue weighted by atomic mass is 35.5. The van der Waals surface area contributed by atoms with Crippen LogP contribution in [0, 0.1) is 13.8 Å². The average Bonchev–Trinajstić information content (AvgIpc) is 2.42. The Bertz CT molecular complexity index is 615. The quantitative estimate of drug-likeness (QED) is 0.807. The summed E-state index contributed by atoms with van der Waals surface area (Å²) >= 11 is 6.12. The van der Waals surface area contributed by atoms with Crippen molar-refractivity contribution in [2.24, 2.45) is 0 Å². The molecule has 0 bridgehead atoms. The van der Waals surface area contributed by atoms with Gasteiger partial charge in [-0.15, -0.1) is 0 Å². The normalized spacial score (nSPS) is 10.4. The molecule has 1 aromatic heterocycles. The van der Waals surface area contributed by atoms with Gasteiger partial charge in [-0.2, -0.15) is 0 Å². The summed E-state index contributed by atoms with van der Waals surface area (Å²) in [6.07, 6.45) is 0. The Kier molecular flexibility index (Phi) is 3.90. The van der Waals surface area contributed by atoms with Crippen LogP contribution in [0.3, 0.4) is 0 Å². The van der Waals surface area contributed by atoms with E-state index in [9.17, 15) is 0 Å². The van der Waals surface area contributed by atoms with Gasteiger partial charge in [0, 0.05) is 11.1 Å². The summed E-state index contributed by atoms with van der Waals surface area (Å²) in [7, 11) is 3.24. The number of methoxy groups -OCH3 is 2. The molecule has 0 unspecified atom stereocenters. The SMILES string of the molecule is COc1ccc(OC)c(-c2nc(C)nc(Cl)c2C)c1. The van der Waals surface area contributed by atoms with Gasteiger partial charge in [-0.05, 0) is 32.0 Å². The van der Waals surface area contributed by atoms with Gasteiger partial charge in [-0.3, -0.25) is 0 Å². The number of ether oxygens (including phenoxy) is 2. The van der Waals surface area contributed by atoms with Gasteiger partial charge in [-0.1, -0.05) is 11.6 Å². The molecule has 0 N–H and O–H groups in total. The van der Waals surface area contributed by atoms with E-state index < -0.39 is 0 Å². The first-order valence-electron chi connectivity index (χ1n) is 5.80. The van der Waals surface area contributed by atoms with Crippen molar-refractivity contribution in [2.75, 3.05) is 14.2 Å². The van der Waals surface area contributed by atoms with E-state index in [2.05, 4.69) is 9.97 Å². The second kappa shape index (κ2) is 5.45. The summed E-state index contributed by atoms with van der Waals surface area (Å²) in [6, 6.07) is 5.57. The lowest BCUT2D eigenvalue weighted by Gasteiger charge is -2.13. The molecule has 2 aromatic rings. The van der Waals surface area contributed by atoms with Crippen LogP contribution in [-0.4, -0.2) is 24.2 Å². The summed E-state index contributed by atoms with van der Waals surface area (Å²) in [6.45, 7) is 3.69. The Morgan fingerprint density at radius 1 is 1.05 bits per heavy atom. The van der Waals surface area contributed by atoms with Crippen LogP contribution in [0.1, 0.15) is 11.4 Å². The number of aromatic nitrogens is 2. The molecule has 5 heteroatoms. The van der Waals surface area contributed by atoms with E-state index in [4.69, 9.17) is 21.1 Å². The van der Waals surface area contributed by atoms with Crippen molar-refractivity contribution in [3.05, 3.63) is 34.7 Å². The van der Waals surface area contributed by atoms with Crippen molar-refractivity contribution in [1.29, 1.82) is 0 Å². The maximum absolute atomic E-state index is 6.12. The third kappa shape index (κ3) is 2.63. The molecule has 19 heavy (non-hydrogen) atoms. The van der Waals surface area contributed by atoms with Crippen molar-refractivity contribution in [1.82, 2.24) is 9.97 Å². The summed E-state index contributed by atoms with van der Waals surface area (Å²) in [4.78, 5) is 8.60. The molecule has 0 saturated heterocycles. The second-order valence-electron chi connectivity index (χ2n) is 4.10. The standard InChI is InChI=1S/C14H15ClN2O2/c1-8-13(16-9(2)17-14(8)15)11-7-10(18-3)5-6-12(11)19-4/h5-7H,1-4H3. The van der Waals surface area contributed by atoms with E-state index in [0.717, 1.165) is 28.3 Å². The van der Waals surface area contributed by atoms with E-state index >= 15 is 0 Å². The molecule has 0 saturated carbocycles. The van der Waals surface area contributed by atoms with Gasteiger partial charge in [0.15, 0.2) is 0 Å². The zero-order valence-electron chi connectivity index (χ0n) is 11.3. The van der Waals surface area contributed by atoms with Crippen molar-refractivity contribution < 1.29 is 9.47 Å². The van der Waals surface area contributed by atoms with Gasteiger partial charge in [0.05, 0.1) is 19.9 Å². The zero-order chi connectivity index (χ0) is 14.0. The summed E-state index contributed by atoms with van der Waals surface area (Å²) in [5.74, 6) is 2.08. The molecule has 0 spiro atoms. The third-order valence-electron chi connectivity index (χ3n) is 2.86. The minimum Gasteiger partial charge on any atom is -0.497 e. The van der Waals surface area contributed by atoms with Crippen LogP contribution in [0.25, 0.3) is 11.3 Å². The molecule has 0 fully saturated rings. The van der Waals surface area contributed by atoms with Crippen LogP contribution < -0.4 is 9.47 Å². The largest absolute Gasteiger partial charge is 0.497 e. The lowest BCUT2D eigenvalue weighted by atomic mass is 10.1. The Labute approximate surface area is 117 Å². The van der Waals surface area contributed by atoms with E-state index in [1.54, 1.807) is 14.2 Å². The van der Waals surface area contributed by atoms with Gasteiger partial charge in [0.2, 0.25) is 0 Å². The molecule has 0 amide bonds. The molecule has 100 valence electrons. The molecule has 1 aromatic carbocycles. The number of hydrogen-bond donors (Lipinski definition) is 0. The van der Waals surface area contributed by atoms with Gasteiger partial charge < -0.3 is 9.47 Å². The molecule has 4 nitrogen and oxygen atoms in total.